The van der Waals surface area contributed by atoms with Gasteiger partial charge in [0.25, 0.3) is 0 Å². The molecule has 2 heterocycles. The maximum atomic E-state index is 13.9. The molecule has 2 amide bonds. The Kier molecular flexibility index (Phi) is 15.6. The third kappa shape index (κ3) is 9.41. The molecule has 1 aromatic carbocycles. The molecule has 2 fully saturated rings. The van der Waals surface area contributed by atoms with Crippen LogP contribution in [0.1, 0.15) is 103 Å². The van der Waals surface area contributed by atoms with Gasteiger partial charge in [0.05, 0.1) is 31.5 Å². The van der Waals surface area contributed by atoms with Crippen molar-refractivity contribution in [1.29, 1.82) is 0 Å². The number of hydrogen-bond acceptors (Lipinski definition) is 11. The second kappa shape index (κ2) is 20.3. The summed E-state index contributed by atoms with van der Waals surface area (Å²) in [5.74, 6) is -1.09. The number of aliphatic hydroxyl groups is 2. The summed E-state index contributed by atoms with van der Waals surface area (Å²) in [4.78, 5) is 34.5. The SMILES string of the molecule is C=CCO[C@@]12Oc3ccc(OC(=O)NCC)cc3[C@H]3[C@H](CCCCO)[C@@H](CCCCO)C=C(C(=NOC4CCCCO4)C[C@@H]1N(CCC)C(=O)OCC)[C@H]32. The number of carbonyl (C=O) groups excluding carboxylic acids is 2. The molecule has 1 saturated heterocycles. The van der Waals surface area contributed by atoms with Crippen LogP contribution in [-0.2, 0) is 19.0 Å². The van der Waals surface area contributed by atoms with Gasteiger partial charge in [0.1, 0.15) is 17.5 Å². The molecule has 1 saturated carbocycles. The van der Waals surface area contributed by atoms with Crippen molar-refractivity contribution in [2.24, 2.45) is 22.9 Å². The molecular formula is C41H61N3O10. The lowest BCUT2D eigenvalue weighted by Crippen LogP contribution is -2.70. The molecule has 1 unspecified atom stereocenters. The van der Waals surface area contributed by atoms with Gasteiger partial charge in [0.2, 0.25) is 12.1 Å². The number of rotatable bonds is 19. The molecule has 13 heteroatoms. The number of amides is 2. The topological polar surface area (TPSA) is 158 Å². The van der Waals surface area contributed by atoms with Crippen molar-refractivity contribution >= 4 is 17.9 Å². The average Bonchev–Trinajstić information content (AvgIpc) is 3.17. The number of nitrogens with zero attached hydrogens (tertiary/aromatic N) is 2. The summed E-state index contributed by atoms with van der Waals surface area (Å²) in [5.41, 5.74) is 2.47. The Labute approximate surface area is 320 Å². The third-order valence-electron chi connectivity index (χ3n) is 10.9. The van der Waals surface area contributed by atoms with Crippen LogP contribution in [0, 0.1) is 17.8 Å². The van der Waals surface area contributed by atoms with Crippen LogP contribution in [0.4, 0.5) is 9.59 Å². The number of unbranched alkanes of at least 4 members (excludes halogenated alkanes) is 2. The maximum absolute atomic E-state index is 13.9. The summed E-state index contributed by atoms with van der Waals surface area (Å²) in [7, 11) is 0. The minimum atomic E-state index is -1.40. The predicted octanol–water partition coefficient (Wildman–Crippen LogP) is 6.82. The van der Waals surface area contributed by atoms with Gasteiger partial charge < -0.3 is 44.1 Å². The fourth-order valence-electron chi connectivity index (χ4n) is 8.74. The monoisotopic (exact) mass is 755 g/mol. The highest BCUT2D eigenvalue weighted by Crippen LogP contribution is 2.62. The average molecular weight is 756 g/mol. The first kappa shape index (κ1) is 41.5. The van der Waals surface area contributed by atoms with E-state index in [1.54, 1.807) is 24.0 Å². The zero-order chi connectivity index (χ0) is 38.5. The van der Waals surface area contributed by atoms with Gasteiger partial charge >= 0.3 is 12.2 Å². The maximum Gasteiger partial charge on any atom is 0.412 e. The van der Waals surface area contributed by atoms with Crippen LogP contribution < -0.4 is 14.8 Å². The standard InChI is InChI=1S/C41H61N3O10/c1-5-20-44(40(48)49-8-4)35-27-33(43-54-36-17-11-14-24-50-36)31-25-28(15-9-12-21-45)30(16-10-13-22-46)37-32-26-29(52-39(47)42-7-3)18-19-34(32)53-41(35,38(31)37)51-23-6-2/h6,18-19,25-26,28,30,35-38,45-46H,2,5,7-17,20-24,27H2,1,3-4H3,(H,42,47)/t28-,30+,35-,36?,37+,38+,41+/m0/s1. The van der Waals surface area contributed by atoms with E-state index in [9.17, 15) is 19.8 Å². The van der Waals surface area contributed by atoms with Crippen molar-refractivity contribution in [3.8, 4) is 11.5 Å². The molecule has 4 aliphatic rings. The van der Waals surface area contributed by atoms with E-state index in [0.29, 0.717) is 56.2 Å². The van der Waals surface area contributed by atoms with E-state index in [4.69, 9.17) is 33.7 Å². The van der Waals surface area contributed by atoms with Gasteiger partial charge in [-0.25, -0.2) is 9.59 Å². The number of nitrogens with one attached hydrogen (secondary N) is 1. The highest BCUT2D eigenvalue weighted by atomic mass is 16.8. The number of benzene rings is 1. The Morgan fingerprint density at radius 1 is 1.11 bits per heavy atom. The van der Waals surface area contributed by atoms with Crippen molar-refractivity contribution < 1.29 is 48.3 Å². The summed E-state index contributed by atoms with van der Waals surface area (Å²) in [6.07, 6.45) is 10.6. The largest absolute Gasteiger partial charge is 0.459 e. The second-order valence-electron chi connectivity index (χ2n) is 14.5. The zero-order valence-electron chi connectivity index (χ0n) is 32.3. The lowest BCUT2D eigenvalue weighted by Gasteiger charge is -2.59. The van der Waals surface area contributed by atoms with E-state index in [1.165, 1.54) is 0 Å². The molecule has 7 atom stereocenters. The van der Waals surface area contributed by atoms with Crippen molar-refractivity contribution in [2.45, 2.75) is 115 Å². The summed E-state index contributed by atoms with van der Waals surface area (Å²) in [6, 6.07) is 4.74. The molecule has 2 aliphatic heterocycles. The highest BCUT2D eigenvalue weighted by Gasteiger charge is 2.65. The van der Waals surface area contributed by atoms with Crippen molar-refractivity contribution in [3.63, 3.8) is 0 Å². The van der Waals surface area contributed by atoms with Crippen molar-refractivity contribution in [2.75, 3.05) is 46.1 Å². The normalized spacial score (nSPS) is 27.8. The number of carbonyl (C=O) groups is 2. The smallest absolute Gasteiger partial charge is 0.412 e. The van der Waals surface area contributed by atoms with Gasteiger partial charge in [-0.2, -0.15) is 0 Å². The fourth-order valence-corrected chi connectivity index (χ4v) is 8.74. The predicted molar refractivity (Wildman–Crippen MR) is 203 cm³/mol. The number of oxime groups is 1. The van der Waals surface area contributed by atoms with Crippen LogP contribution >= 0.6 is 0 Å². The van der Waals surface area contributed by atoms with Gasteiger partial charge in [-0.15, -0.1) is 6.58 Å². The Morgan fingerprint density at radius 2 is 1.91 bits per heavy atom. The molecule has 1 aromatic rings. The van der Waals surface area contributed by atoms with E-state index < -0.39 is 36.2 Å². The first-order valence-electron chi connectivity index (χ1n) is 20.1. The van der Waals surface area contributed by atoms with E-state index >= 15 is 0 Å². The van der Waals surface area contributed by atoms with Crippen LogP contribution in [0.5, 0.6) is 11.5 Å². The van der Waals surface area contributed by atoms with Crippen LogP contribution in [0.15, 0.2) is 47.7 Å². The number of hydrogen-bond donors (Lipinski definition) is 3. The molecule has 0 bridgehead atoms. The molecular weight excluding hydrogens is 694 g/mol. The van der Waals surface area contributed by atoms with Crippen LogP contribution in [0.2, 0.25) is 0 Å². The van der Waals surface area contributed by atoms with E-state index in [-0.39, 0.29) is 50.6 Å². The van der Waals surface area contributed by atoms with E-state index in [0.717, 1.165) is 56.1 Å². The minimum absolute atomic E-state index is 0.0304. The van der Waals surface area contributed by atoms with Gasteiger partial charge in [-0.3, -0.25) is 4.90 Å². The molecule has 300 valence electrons. The zero-order valence-corrected chi connectivity index (χ0v) is 32.3. The minimum Gasteiger partial charge on any atom is -0.459 e. The van der Waals surface area contributed by atoms with Crippen LogP contribution in [-0.4, -0.2) is 97.3 Å². The lowest BCUT2D eigenvalue weighted by molar-refractivity contribution is -0.255. The van der Waals surface area contributed by atoms with Gasteiger partial charge in [0.15, 0.2) is 0 Å². The Morgan fingerprint density at radius 3 is 2.59 bits per heavy atom. The lowest BCUT2D eigenvalue weighted by atomic mass is 9.55. The van der Waals surface area contributed by atoms with E-state index in [2.05, 4.69) is 18.0 Å². The summed E-state index contributed by atoms with van der Waals surface area (Å²) < 4.78 is 31.5. The fraction of sp³-hybridized carbons (Fsp3) is 0.683. The quantitative estimate of drug-likeness (QED) is 0.0778. The molecule has 0 spiro atoms. The highest BCUT2D eigenvalue weighted by molar-refractivity contribution is 6.03. The Hall–Kier alpha value is -3.65. The molecule has 0 radical (unpaired) electrons. The van der Waals surface area contributed by atoms with Crippen LogP contribution in [0.3, 0.4) is 0 Å². The molecule has 2 aliphatic carbocycles. The number of ether oxygens (including phenoxy) is 5. The van der Waals surface area contributed by atoms with Crippen LogP contribution in [0.25, 0.3) is 0 Å². The van der Waals surface area contributed by atoms with Gasteiger partial charge in [-0.1, -0.05) is 37.1 Å². The summed E-state index contributed by atoms with van der Waals surface area (Å²) >= 11 is 0. The molecule has 3 N–H and O–H groups in total. The Bertz CT molecular complexity index is 1460. The number of allylic oxidation sites excluding steroid dienone is 1. The van der Waals surface area contributed by atoms with Gasteiger partial charge in [0, 0.05) is 50.6 Å². The summed E-state index contributed by atoms with van der Waals surface area (Å²) in [5, 5.41) is 27.2. The number of fused-ring (bicyclic) bond motifs is 2. The second-order valence-corrected chi connectivity index (χ2v) is 14.5. The number of aliphatic hydroxyl groups excluding tert-OH is 2. The van der Waals surface area contributed by atoms with E-state index in [1.807, 2.05) is 26.0 Å². The van der Waals surface area contributed by atoms with Gasteiger partial charge in [-0.05, 0) is 94.4 Å². The molecule has 54 heavy (non-hydrogen) atoms. The van der Waals surface area contributed by atoms with Crippen molar-refractivity contribution in [3.05, 3.63) is 48.1 Å². The first-order valence-corrected chi connectivity index (χ1v) is 20.1. The summed E-state index contributed by atoms with van der Waals surface area (Å²) in [6.45, 7) is 11.6. The molecule has 13 nitrogen and oxygen atoms in total. The third-order valence-corrected chi connectivity index (χ3v) is 10.9. The Balaban J connectivity index is 1.77. The van der Waals surface area contributed by atoms with Crippen molar-refractivity contribution in [1.82, 2.24) is 10.2 Å². The first-order chi connectivity index (χ1) is 26.3. The molecule has 5 rings (SSSR count). The molecule has 0 aromatic heterocycles.